The van der Waals surface area contributed by atoms with Gasteiger partial charge in [-0.25, -0.2) is 9.38 Å². The van der Waals surface area contributed by atoms with Crippen LogP contribution < -0.4 is 10.6 Å². The second-order valence-electron chi connectivity index (χ2n) is 7.05. The zero-order valence-corrected chi connectivity index (χ0v) is 19.0. The van der Waals surface area contributed by atoms with Crippen molar-refractivity contribution in [2.75, 3.05) is 6.61 Å². The molecule has 2 aromatic carbocycles. The highest BCUT2D eigenvalue weighted by Crippen LogP contribution is 2.15. The Bertz CT molecular complexity index is 840. The monoisotopic (exact) mass is 528 g/mol. The molecule has 2 N–H and O–H groups in total. The van der Waals surface area contributed by atoms with Gasteiger partial charge in [-0.15, -0.1) is 24.0 Å². The number of hydrogen-bond donors (Lipinski definition) is 2. The number of non-ortho nitro benzene ring substituents is 1. The van der Waals surface area contributed by atoms with Crippen LogP contribution in [0, 0.1) is 15.9 Å². The highest BCUT2D eigenvalue weighted by Gasteiger charge is 2.23. The number of nitrogens with zero attached hydrogens (tertiary/aromatic N) is 2. The molecular formula is C21H26FIN4O3. The van der Waals surface area contributed by atoms with E-state index < -0.39 is 4.92 Å². The molecule has 0 spiro atoms. The van der Waals surface area contributed by atoms with E-state index >= 15 is 0 Å². The van der Waals surface area contributed by atoms with Gasteiger partial charge < -0.3 is 15.4 Å². The molecule has 1 fully saturated rings. The first-order valence-corrected chi connectivity index (χ1v) is 9.65. The molecule has 0 aliphatic carbocycles. The summed E-state index contributed by atoms with van der Waals surface area (Å²) in [6, 6.07) is 12.7. The van der Waals surface area contributed by atoms with Gasteiger partial charge in [-0.3, -0.25) is 10.1 Å². The Hall–Kier alpha value is -2.27. The smallest absolute Gasteiger partial charge is 0.269 e. The van der Waals surface area contributed by atoms with E-state index in [1.165, 1.54) is 24.3 Å². The molecule has 9 heteroatoms. The molecule has 0 radical (unpaired) electrons. The average Bonchev–Trinajstić information content (AvgIpc) is 3.26. The maximum Gasteiger partial charge on any atom is 0.269 e. The predicted molar refractivity (Wildman–Crippen MR) is 124 cm³/mol. The lowest BCUT2D eigenvalue weighted by atomic mass is 10.1. The van der Waals surface area contributed by atoms with E-state index in [9.17, 15) is 14.5 Å². The Morgan fingerprint density at radius 2 is 1.90 bits per heavy atom. The second kappa shape index (κ2) is 11.8. The minimum absolute atomic E-state index is 0. The number of nitrogens with one attached hydrogen (secondary N) is 2. The molecule has 7 nitrogen and oxygen atoms in total. The summed E-state index contributed by atoms with van der Waals surface area (Å²) in [5, 5.41) is 17.4. The molecule has 0 bridgehead atoms. The number of aliphatic imine (C=N–C) groups is 1. The minimum atomic E-state index is -0.419. The zero-order chi connectivity index (χ0) is 20.6. The standard InChI is InChI=1S/C21H25FN4O3.HI/c1-15(20-3-2-12-29-20)25-21(23-13-16-4-8-18(22)9-5-16)24-14-17-6-10-19(11-7-17)26(27)28;/h4-11,15,20H,2-3,12-14H2,1H3,(H2,23,24,25);1H. The van der Waals surface area contributed by atoms with Gasteiger partial charge >= 0.3 is 0 Å². The number of ether oxygens (including phenoxy) is 1. The number of benzene rings is 2. The summed E-state index contributed by atoms with van der Waals surface area (Å²) in [5.41, 5.74) is 1.85. The molecule has 0 aromatic heterocycles. The lowest BCUT2D eigenvalue weighted by Gasteiger charge is -2.23. The fourth-order valence-corrected chi connectivity index (χ4v) is 3.14. The summed E-state index contributed by atoms with van der Waals surface area (Å²) in [4.78, 5) is 15.0. The van der Waals surface area contributed by atoms with Crippen LogP contribution in [0.4, 0.5) is 10.1 Å². The third kappa shape index (κ3) is 7.21. The van der Waals surface area contributed by atoms with Crippen molar-refractivity contribution in [3.05, 3.63) is 75.6 Å². The van der Waals surface area contributed by atoms with Crippen molar-refractivity contribution in [3.8, 4) is 0 Å². The zero-order valence-electron chi connectivity index (χ0n) is 16.7. The Labute approximate surface area is 192 Å². The maximum absolute atomic E-state index is 13.1. The van der Waals surface area contributed by atoms with Gasteiger partial charge in [0, 0.05) is 25.3 Å². The molecule has 162 valence electrons. The van der Waals surface area contributed by atoms with Crippen LogP contribution in [0.2, 0.25) is 0 Å². The summed E-state index contributed by atoms with van der Waals surface area (Å²) in [5.74, 6) is 0.329. The highest BCUT2D eigenvalue weighted by molar-refractivity contribution is 14.0. The number of rotatable bonds is 7. The fourth-order valence-electron chi connectivity index (χ4n) is 3.14. The fraction of sp³-hybridized carbons (Fsp3) is 0.381. The average molecular weight is 528 g/mol. The molecule has 1 heterocycles. The Kier molecular flexibility index (Phi) is 9.44. The largest absolute Gasteiger partial charge is 0.376 e. The third-order valence-electron chi connectivity index (χ3n) is 4.83. The SMILES string of the molecule is CC(NC(=NCc1ccc(F)cc1)NCc1ccc([N+](=O)[O-])cc1)C1CCCO1.I. The van der Waals surface area contributed by atoms with Crippen LogP contribution in [0.25, 0.3) is 0 Å². The van der Waals surface area contributed by atoms with Crippen molar-refractivity contribution < 1.29 is 14.1 Å². The lowest BCUT2D eigenvalue weighted by molar-refractivity contribution is -0.384. The summed E-state index contributed by atoms with van der Waals surface area (Å²) in [6.07, 6.45) is 2.18. The van der Waals surface area contributed by atoms with Crippen LogP contribution in [-0.2, 0) is 17.8 Å². The lowest BCUT2D eigenvalue weighted by Crippen LogP contribution is -2.46. The summed E-state index contributed by atoms with van der Waals surface area (Å²) in [6.45, 7) is 3.69. The van der Waals surface area contributed by atoms with Gasteiger partial charge in [0.05, 0.1) is 23.6 Å². The topological polar surface area (TPSA) is 88.8 Å². The van der Waals surface area contributed by atoms with E-state index in [0.717, 1.165) is 30.6 Å². The van der Waals surface area contributed by atoms with Gasteiger partial charge in [0.15, 0.2) is 5.96 Å². The molecule has 1 aliphatic rings. The molecule has 2 aromatic rings. The predicted octanol–water partition coefficient (Wildman–Crippen LogP) is 4.15. The molecule has 0 amide bonds. The number of halogens is 2. The number of nitro benzene ring substituents is 1. The van der Waals surface area contributed by atoms with Crippen LogP contribution in [0.1, 0.15) is 30.9 Å². The normalized spacial score (nSPS) is 17.1. The Balaban J connectivity index is 0.00000320. The van der Waals surface area contributed by atoms with E-state index in [4.69, 9.17) is 4.74 Å². The van der Waals surface area contributed by atoms with Crippen molar-refractivity contribution in [2.45, 2.75) is 45.0 Å². The first-order valence-electron chi connectivity index (χ1n) is 9.65. The first kappa shape index (κ1) is 24.0. The molecule has 0 saturated carbocycles. The van der Waals surface area contributed by atoms with Gasteiger partial charge in [-0.1, -0.05) is 24.3 Å². The molecule has 1 aliphatic heterocycles. The van der Waals surface area contributed by atoms with E-state index in [1.54, 1.807) is 24.3 Å². The maximum atomic E-state index is 13.1. The number of nitro groups is 1. The third-order valence-corrected chi connectivity index (χ3v) is 4.83. The van der Waals surface area contributed by atoms with Gasteiger partial charge in [-0.2, -0.15) is 0 Å². The van der Waals surface area contributed by atoms with Crippen molar-refractivity contribution in [2.24, 2.45) is 4.99 Å². The van der Waals surface area contributed by atoms with Crippen molar-refractivity contribution in [1.82, 2.24) is 10.6 Å². The quantitative estimate of drug-likeness (QED) is 0.185. The number of guanidine groups is 1. The summed E-state index contributed by atoms with van der Waals surface area (Å²) in [7, 11) is 0. The van der Waals surface area contributed by atoms with Crippen molar-refractivity contribution in [1.29, 1.82) is 0 Å². The van der Waals surface area contributed by atoms with E-state index in [0.29, 0.717) is 19.0 Å². The molecule has 1 saturated heterocycles. The van der Waals surface area contributed by atoms with Crippen LogP contribution in [0.15, 0.2) is 53.5 Å². The second-order valence-corrected chi connectivity index (χ2v) is 7.05. The van der Waals surface area contributed by atoms with Crippen molar-refractivity contribution in [3.63, 3.8) is 0 Å². The van der Waals surface area contributed by atoms with E-state index in [-0.39, 0.29) is 47.6 Å². The van der Waals surface area contributed by atoms with Crippen LogP contribution >= 0.6 is 24.0 Å². The van der Waals surface area contributed by atoms with Crippen LogP contribution in [0.3, 0.4) is 0 Å². The van der Waals surface area contributed by atoms with Crippen LogP contribution in [-0.4, -0.2) is 29.6 Å². The van der Waals surface area contributed by atoms with Gasteiger partial charge in [-0.05, 0) is 43.0 Å². The molecule has 3 rings (SSSR count). The summed E-state index contributed by atoms with van der Waals surface area (Å²) >= 11 is 0. The first-order chi connectivity index (χ1) is 14.0. The molecular weight excluding hydrogens is 502 g/mol. The number of hydrogen-bond acceptors (Lipinski definition) is 4. The minimum Gasteiger partial charge on any atom is -0.376 e. The van der Waals surface area contributed by atoms with Gasteiger partial charge in [0.25, 0.3) is 5.69 Å². The van der Waals surface area contributed by atoms with Gasteiger partial charge in [0.1, 0.15) is 5.82 Å². The Morgan fingerprint density at radius 3 is 2.50 bits per heavy atom. The van der Waals surface area contributed by atoms with E-state index in [1.807, 2.05) is 0 Å². The molecule has 2 atom stereocenters. The summed E-state index contributed by atoms with van der Waals surface area (Å²) < 4.78 is 18.8. The Morgan fingerprint density at radius 1 is 1.23 bits per heavy atom. The van der Waals surface area contributed by atoms with Crippen LogP contribution in [0.5, 0.6) is 0 Å². The highest BCUT2D eigenvalue weighted by atomic mass is 127. The molecule has 2 unspecified atom stereocenters. The van der Waals surface area contributed by atoms with E-state index in [2.05, 4.69) is 22.5 Å². The molecule has 30 heavy (non-hydrogen) atoms. The van der Waals surface area contributed by atoms with Gasteiger partial charge in [0.2, 0.25) is 0 Å². The van der Waals surface area contributed by atoms with Crippen molar-refractivity contribution >= 4 is 35.6 Å².